The maximum atomic E-state index is 2.30. The molecule has 0 bridgehead atoms. The zero-order valence-corrected chi connectivity index (χ0v) is 9.27. The second-order valence-electron chi connectivity index (χ2n) is 4.19. The van der Waals surface area contributed by atoms with Gasteiger partial charge in [0.15, 0.2) is 0 Å². The summed E-state index contributed by atoms with van der Waals surface area (Å²) in [4.78, 5) is 0. The minimum absolute atomic E-state index is 0.648. The summed E-state index contributed by atoms with van der Waals surface area (Å²) >= 11 is 0. The van der Waals surface area contributed by atoms with Gasteiger partial charge in [0.05, 0.1) is 0 Å². The molecular weight excluding hydrogens is 180 g/mol. The topological polar surface area (TPSA) is 0 Å². The molecule has 0 spiro atoms. The number of benzene rings is 1. The molecule has 1 unspecified atom stereocenters. The van der Waals surface area contributed by atoms with Crippen LogP contribution >= 0.6 is 0 Å². The minimum atomic E-state index is 0.648. The molecule has 2 rings (SSSR count). The Bertz CT molecular complexity index is 334. The molecule has 1 aliphatic carbocycles. The summed E-state index contributed by atoms with van der Waals surface area (Å²) in [7, 11) is 0. The molecule has 0 fully saturated rings. The monoisotopic (exact) mass is 198 g/mol. The fourth-order valence-corrected chi connectivity index (χ4v) is 2.23. The lowest BCUT2D eigenvalue weighted by molar-refractivity contribution is 0.557. The molecule has 15 heavy (non-hydrogen) atoms. The van der Waals surface area contributed by atoms with Gasteiger partial charge < -0.3 is 0 Å². The first-order valence-corrected chi connectivity index (χ1v) is 5.80. The van der Waals surface area contributed by atoms with Gasteiger partial charge in [-0.3, -0.25) is 0 Å². The molecule has 0 radical (unpaired) electrons. The summed E-state index contributed by atoms with van der Waals surface area (Å²) in [6, 6.07) is 10.9. The summed E-state index contributed by atoms with van der Waals surface area (Å²) in [6.45, 7) is 2.28. The van der Waals surface area contributed by atoms with E-state index in [9.17, 15) is 0 Å². The Morgan fingerprint density at radius 1 is 1.07 bits per heavy atom. The van der Waals surface area contributed by atoms with Crippen LogP contribution in [-0.2, 0) is 0 Å². The Morgan fingerprint density at radius 2 is 1.73 bits per heavy atom. The van der Waals surface area contributed by atoms with Crippen molar-refractivity contribution in [2.75, 3.05) is 0 Å². The molecule has 0 saturated heterocycles. The lowest BCUT2D eigenvalue weighted by atomic mass is 9.87. The van der Waals surface area contributed by atoms with Gasteiger partial charge in [0, 0.05) is 0 Å². The van der Waals surface area contributed by atoms with E-state index in [1.807, 2.05) is 0 Å². The van der Waals surface area contributed by atoms with E-state index >= 15 is 0 Å². The second-order valence-corrected chi connectivity index (χ2v) is 4.19. The average Bonchev–Trinajstić information content (AvgIpc) is 2.80. The maximum Gasteiger partial charge on any atom is -0.00415 e. The SMILES string of the molecule is CCC(CC1C=CC=C1)c1ccccc1. The van der Waals surface area contributed by atoms with E-state index in [0.717, 1.165) is 0 Å². The van der Waals surface area contributed by atoms with Crippen molar-refractivity contribution < 1.29 is 0 Å². The van der Waals surface area contributed by atoms with Crippen molar-refractivity contribution in [1.29, 1.82) is 0 Å². The van der Waals surface area contributed by atoms with E-state index in [1.54, 1.807) is 0 Å². The molecule has 1 aliphatic rings. The third kappa shape index (κ3) is 2.59. The van der Waals surface area contributed by atoms with Crippen LogP contribution in [0.3, 0.4) is 0 Å². The fraction of sp³-hybridized carbons (Fsp3) is 0.333. The second kappa shape index (κ2) is 4.97. The molecule has 0 N–H and O–H groups in total. The quantitative estimate of drug-likeness (QED) is 0.676. The van der Waals surface area contributed by atoms with Crippen LogP contribution in [0.1, 0.15) is 31.2 Å². The molecule has 1 aromatic rings. The third-order valence-electron chi connectivity index (χ3n) is 3.15. The molecule has 0 heteroatoms. The van der Waals surface area contributed by atoms with E-state index in [0.29, 0.717) is 11.8 Å². The predicted molar refractivity (Wildman–Crippen MR) is 65.9 cm³/mol. The van der Waals surface area contributed by atoms with E-state index in [-0.39, 0.29) is 0 Å². The molecule has 0 aromatic heterocycles. The highest BCUT2D eigenvalue weighted by molar-refractivity contribution is 5.23. The maximum absolute atomic E-state index is 2.30. The molecule has 0 saturated carbocycles. The van der Waals surface area contributed by atoms with E-state index < -0.39 is 0 Å². The van der Waals surface area contributed by atoms with Crippen molar-refractivity contribution in [2.45, 2.75) is 25.7 Å². The van der Waals surface area contributed by atoms with Crippen LogP contribution in [-0.4, -0.2) is 0 Å². The van der Waals surface area contributed by atoms with E-state index in [2.05, 4.69) is 61.6 Å². The van der Waals surface area contributed by atoms with Gasteiger partial charge in [0.1, 0.15) is 0 Å². The zero-order valence-electron chi connectivity index (χ0n) is 9.27. The number of rotatable bonds is 4. The first kappa shape index (κ1) is 10.2. The van der Waals surface area contributed by atoms with Crippen LogP contribution < -0.4 is 0 Å². The highest BCUT2D eigenvalue weighted by atomic mass is 14.2. The van der Waals surface area contributed by atoms with Gasteiger partial charge in [-0.25, -0.2) is 0 Å². The summed E-state index contributed by atoms with van der Waals surface area (Å²) < 4.78 is 0. The summed E-state index contributed by atoms with van der Waals surface area (Å²) in [5.41, 5.74) is 1.48. The van der Waals surface area contributed by atoms with Crippen molar-refractivity contribution in [3.05, 3.63) is 60.2 Å². The van der Waals surface area contributed by atoms with Crippen molar-refractivity contribution in [3.8, 4) is 0 Å². The number of allylic oxidation sites excluding steroid dienone is 4. The summed E-state index contributed by atoms with van der Waals surface area (Å²) in [6.07, 6.45) is 11.4. The van der Waals surface area contributed by atoms with E-state index in [4.69, 9.17) is 0 Å². The Morgan fingerprint density at radius 3 is 2.33 bits per heavy atom. The lowest BCUT2D eigenvalue weighted by Crippen LogP contribution is -2.02. The standard InChI is InChI=1S/C15H18/c1-2-14(12-13-8-6-7-9-13)15-10-4-3-5-11-15/h3-11,13-14H,2,12H2,1H3. The number of hydrogen-bond donors (Lipinski definition) is 0. The van der Waals surface area contributed by atoms with Gasteiger partial charge in [-0.05, 0) is 30.2 Å². The zero-order chi connectivity index (χ0) is 10.5. The van der Waals surface area contributed by atoms with Gasteiger partial charge in [-0.1, -0.05) is 61.6 Å². The predicted octanol–water partition coefficient (Wildman–Crippen LogP) is 4.31. The van der Waals surface area contributed by atoms with Crippen LogP contribution in [0, 0.1) is 5.92 Å². The lowest BCUT2D eigenvalue weighted by Gasteiger charge is -2.17. The molecule has 1 atom stereocenters. The average molecular weight is 198 g/mol. The third-order valence-corrected chi connectivity index (χ3v) is 3.15. The van der Waals surface area contributed by atoms with E-state index in [1.165, 1.54) is 18.4 Å². The Kier molecular flexibility index (Phi) is 3.39. The Labute approximate surface area is 92.3 Å². The van der Waals surface area contributed by atoms with Gasteiger partial charge in [0.2, 0.25) is 0 Å². The molecule has 0 aliphatic heterocycles. The van der Waals surface area contributed by atoms with Crippen LogP contribution in [0.25, 0.3) is 0 Å². The summed E-state index contributed by atoms with van der Waals surface area (Å²) in [5.74, 6) is 1.35. The van der Waals surface area contributed by atoms with Gasteiger partial charge in [-0.2, -0.15) is 0 Å². The first-order chi connectivity index (χ1) is 7.40. The Hall–Kier alpha value is -1.30. The molecule has 78 valence electrons. The van der Waals surface area contributed by atoms with Gasteiger partial charge in [0.25, 0.3) is 0 Å². The van der Waals surface area contributed by atoms with Crippen molar-refractivity contribution in [3.63, 3.8) is 0 Å². The van der Waals surface area contributed by atoms with Crippen LogP contribution in [0.4, 0.5) is 0 Å². The summed E-state index contributed by atoms with van der Waals surface area (Å²) in [5, 5.41) is 0. The molecular formula is C15H18. The first-order valence-electron chi connectivity index (χ1n) is 5.80. The molecule has 0 amide bonds. The van der Waals surface area contributed by atoms with Crippen LogP contribution in [0.15, 0.2) is 54.6 Å². The highest BCUT2D eigenvalue weighted by Gasteiger charge is 2.13. The van der Waals surface area contributed by atoms with Crippen molar-refractivity contribution in [1.82, 2.24) is 0 Å². The smallest absolute Gasteiger partial charge is 0.00415 e. The van der Waals surface area contributed by atoms with Crippen molar-refractivity contribution in [2.24, 2.45) is 5.92 Å². The van der Waals surface area contributed by atoms with Crippen LogP contribution in [0.2, 0.25) is 0 Å². The fourth-order valence-electron chi connectivity index (χ4n) is 2.23. The molecule has 1 aromatic carbocycles. The van der Waals surface area contributed by atoms with Gasteiger partial charge >= 0.3 is 0 Å². The normalized spacial score (nSPS) is 17.1. The largest absolute Gasteiger partial charge is 0.0776 e. The molecule has 0 nitrogen and oxygen atoms in total. The highest BCUT2D eigenvalue weighted by Crippen LogP contribution is 2.29. The van der Waals surface area contributed by atoms with Gasteiger partial charge in [-0.15, -0.1) is 0 Å². The minimum Gasteiger partial charge on any atom is -0.0776 e. The molecule has 0 heterocycles. The van der Waals surface area contributed by atoms with Crippen molar-refractivity contribution >= 4 is 0 Å². The number of hydrogen-bond acceptors (Lipinski definition) is 0. The Balaban J connectivity index is 2.04. The van der Waals surface area contributed by atoms with Crippen LogP contribution in [0.5, 0.6) is 0 Å².